The van der Waals surface area contributed by atoms with E-state index in [4.69, 9.17) is 14.1 Å². The van der Waals surface area contributed by atoms with Crippen molar-refractivity contribution < 1.29 is 65.4 Å². The first-order valence-corrected chi connectivity index (χ1v) is 1.84. The molecular weight excluding hydrogens is 182 g/mol. The van der Waals surface area contributed by atoms with Crippen molar-refractivity contribution in [1.29, 1.82) is 0 Å². The van der Waals surface area contributed by atoms with E-state index in [9.17, 15) is 0 Å². The van der Waals surface area contributed by atoms with Crippen LogP contribution in [0.25, 0.3) is 0 Å². The van der Waals surface area contributed by atoms with E-state index in [1.807, 2.05) is 0 Å². The molecule has 0 saturated heterocycles. The second-order valence-electron chi connectivity index (χ2n) is 0.250. The molecule has 0 unspecified atom stereocenters. The van der Waals surface area contributed by atoms with Crippen LogP contribution in [0, 0.1) is 0 Å². The van der Waals surface area contributed by atoms with Gasteiger partial charge in [-0.15, -0.1) is 0 Å². The summed E-state index contributed by atoms with van der Waals surface area (Å²) in [5.41, 5.74) is 0. The van der Waals surface area contributed by atoms with Crippen molar-refractivity contribution in [3.8, 4) is 0 Å². The summed E-state index contributed by atoms with van der Waals surface area (Å²) < 4.78 is 8.52. The van der Waals surface area contributed by atoms with E-state index < -0.39 is 9.17 Å². The minimum Gasteiger partial charge on any atom is -0.672 e. The van der Waals surface area contributed by atoms with Gasteiger partial charge in [0.1, 0.15) is 0 Å². The van der Waals surface area contributed by atoms with E-state index in [1.54, 1.807) is 0 Å². The van der Waals surface area contributed by atoms with Gasteiger partial charge < -0.3 is 14.1 Å². The first kappa shape index (κ1) is 22.5. The standard InChI is InChI=1S/Al.Ca.K.O3Si/c;;;1-4(2)3/q+3;+2;+1;-2. The van der Waals surface area contributed by atoms with Crippen molar-refractivity contribution in [2.75, 3.05) is 0 Å². The van der Waals surface area contributed by atoms with Crippen LogP contribution in [0.4, 0.5) is 0 Å². The Bertz CT molecular complexity index is 37.9. The summed E-state index contributed by atoms with van der Waals surface area (Å²) in [5, 5.41) is 0. The molecule has 0 radical (unpaired) electrons. The molecular formula is AlCaKO3Si+4. The SMILES string of the molecule is O=[Si]([O-])[O-].[Al+3].[Ca+2].[K+]. The van der Waals surface area contributed by atoms with Gasteiger partial charge in [0.2, 0.25) is 0 Å². The van der Waals surface area contributed by atoms with Crippen LogP contribution in [-0.4, -0.2) is 64.3 Å². The molecule has 0 amide bonds. The predicted molar refractivity (Wildman–Crippen MR) is 17.9 cm³/mol. The van der Waals surface area contributed by atoms with Crippen LogP contribution in [0.5, 0.6) is 0 Å². The summed E-state index contributed by atoms with van der Waals surface area (Å²) in [6.45, 7) is 0. The minimum absolute atomic E-state index is 0. The van der Waals surface area contributed by atoms with E-state index in [2.05, 4.69) is 0 Å². The predicted octanol–water partition coefficient (Wildman–Crippen LogP) is -6.64. The van der Waals surface area contributed by atoms with Gasteiger partial charge in [0.05, 0.1) is 0 Å². The van der Waals surface area contributed by atoms with Crippen molar-refractivity contribution in [3.63, 3.8) is 0 Å². The smallest absolute Gasteiger partial charge is 0.672 e. The molecule has 7 heavy (non-hydrogen) atoms. The van der Waals surface area contributed by atoms with Crippen molar-refractivity contribution >= 4 is 64.3 Å². The Labute approximate surface area is 126 Å². The molecule has 0 rings (SSSR count). The van der Waals surface area contributed by atoms with Gasteiger partial charge in [0.15, 0.2) is 0 Å². The summed E-state index contributed by atoms with van der Waals surface area (Å²) in [7, 11) is -3.63. The molecule has 0 saturated carbocycles. The molecule has 0 aromatic rings. The van der Waals surface area contributed by atoms with Crippen LogP contribution < -0.4 is 61.0 Å². The van der Waals surface area contributed by atoms with Gasteiger partial charge in [-0.1, -0.05) is 0 Å². The largest absolute Gasteiger partial charge is 3.00 e. The van der Waals surface area contributed by atoms with E-state index in [1.165, 1.54) is 0 Å². The van der Waals surface area contributed by atoms with Crippen LogP contribution in [0.1, 0.15) is 0 Å². The topological polar surface area (TPSA) is 63.2 Å². The zero-order valence-electron chi connectivity index (χ0n) is 4.01. The minimum atomic E-state index is -3.63. The summed E-state index contributed by atoms with van der Waals surface area (Å²) in [6.07, 6.45) is 0. The third kappa shape index (κ3) is 48.4. The van der Waals surface area contributed by atoms with Gasteiger partial charge in [-0.2, -0.15) is 0 Å². The Morgan fingerprint density at radius 1 is 1.29 bits per heavy atom. The molecule has 0 aromatic carbocycles. The van der Waals surface area contributed by atoms with Gasteiger partial charge in [-0.25, -0.2) is 0 Å². The molecule has 24 valence electrons. The Hall–Kier alpha value is 3.05. The third-order valence-corrected chi connectivity index (χ3v) is 0. The zero-order valence-corrected chi connectivity index (χ0v) is 11.5. The summed E-state index contributed by atoms with van der Waals surface area (Å²) in [6, 6.07) is 0. The molecule has 0 spiro atoms. The van der Waals surface area contributed by atoms with Gasteiger partial charge in [-0.05, 0) is 0 Å². The van der Waals surface area contributed by atoms with Gasteiger partial charge in [-0.3, -0.25) is 0 Å². The molecule has 0 heterocycles. The summed E-state index contributed by atoms with van der Waals surface area (Å²) in [4.78, 5) is 17.0. The molecule has 0 aliphatic heterocycles. The van der Waals surface area contributed by atoms with Crippen molar-refractivity contribution in [2.24, 2.45) is 0 Å². The average Bonchev–Trinajstić information content (AvgIpc) is 0.811. The second kappa shape index (κ2) is 16.0. The van der Waals surface area contributed by atoms with Crippen LogP contribution in [0.2, 0.25) is 0 Å². The monoisotopic (exact) mass is 182 g/mol. The van der Waals surface area contributed by atoms with Crippen LogP contribution >= 0.6 is 0 Å². The van der Waals surface area contributed by atoms with Crippen LogP contribution in [-0.2, 0) is 4.46 Å². The van der Waals surface area contributed by atoms with Crippen LogP contribution in [0.15, 0.2) is 0 Å². The molecule has 3 nitrogen and oxygen atoms in total. The second-order valence-corrected chi connectivity index (χ2v) is 0.750. The maximum atomic E-state index is 8.52. The van der Waals surface area contributed by atoms with E-state index in [-0.39, 0.29) is 106 Å². The Morgan fingerprint density at radius 3 is 1.29 bits per heavy atom. The first-order chi connectivity index (χ1) is 1.73. The van der Waals surface area contributed by atoms with Gasteiger partial charge in [0, 0.05) is 9.17 Å². The number of hydrogen-bond donors (Lipinski definition) is 0. The first-order valence-electron chi connectivity index (χ1n) is 0.612. The maximum absolute atomic E-state index is 8.52. The summed E-state index contributed by atoms with van der Waals surface area (Å²) in [5.74, 6) is 0. The Balaban J connectivity index is -0.0000000150. The number of hydrogen-bond acceptors (Lipinski definition) is 3. The Kier molecular flexibility index (Phi) is 51.5. The fraction of sp³-hybridized carbons (Fsp3) is 0. The third-order valence-electron chi connectivity index (χ3n) is 0. The average molecular weight is 182 g/mol. The number of rotatable bonds is 0. The van der Waals surface area contributed by atoms with Crippen molar-refractivity contribution in [1.82, 2.24) is 0 Å². The molecule has 0 aromatic heterocycles. The van der Waals surface area contributed by atoms with Crippen molar-refractivity contribution in [2.45, 2.75) is 0 Å². The molecule has 0 fully saturated rings. The molecule has 0 aliphatic rings. The van der Waals surface area contributed by atoms with E-state index in [0.717, 1.165) is 0 Å². The zero-order chi connectivity index (χ0) is 3.58. The van der Waals surface area contributed by atoms with Gasteiger partial charge in [0.25, 0.3) is 0 Å². The normalized spacial score (nSPS) is 3.43. The fourth-order valence-electron chi connectivity index (χ4n) is 0. The Morgan fingerprint density at radius 2 is 1.29 bits per heavy atom. The quantitative estimate of drug-likeness (QED) is 0.350. The van der Waals surface area contributed by atoms with Crippen LogP contribution in [0.3, 0.4) is 0 Å². The van der Waals surface area contributed by atoms with E-state index in [0.29, 0.717) is 0 Å². The molecule has 0 N–H and O–H groups in total. The maximum Gasteiger partial charge on any atom is 3.00 e. The molecule has 0 aliphatic carbocycles. The van der Waals surface area contributed by atoms with E-state index >= 15 is 0 Å². The summed E-state index contributed by atoms with van der Waals surface area (Å²) >= 11 is 0. The fourth-order valence-corrected chi connectivity index (χ4v) is 0. The van der Waals surface area contributed by atoms with Crippen molar-refractivity contribution in [3.05, 3.63) is 0 Å². The molecule has 0 bridgehead atoms. The molecule has 7 heteroatoms. The van der Waals surface area contributed by atoms with Gasteiger partial charge >= 0.3 is 106 Å². The molecule has 0 atom stereocenters.